The van der Waals surface area contributed by atoms with Gasteiger partial charge in [0.1, 0.15) is 5.01 Å². The molecule has 1 heterocycles. The van der Waals surface area contributed by atoms with E-state index in [9.17, 15) is 0 Å². The van der Waals surface area contributed by atoms with Crippen LogP contribution in [-0.4, -0.2) is 4.98 Å². The first-order valence-electron chi connectivity index (χ1n) is 5.41. The number of thiazole rings is 1. The van der Waals surface area contributed by atoms with Crippen LogP contribution in [0.5, 0.6) is 0 Å². The minimum atomic E-state index is 0.784. The zero-order valence-electron chi connectivity index (χ0n) is 9.53. The van der Waals surface area contributed by atoms with Crippen molar-refractivity contribution in [3.63, 3.8) is 0 Å². The van der Waals surface area contributed by atoms with Crippen molar-refractivity contribution < 1.29 is 0 Å². The lowest BCUT2D eigenvalue weighted by Gasteiger charge is -1.97. The molecule has 0 atom stereocenters. The van der Waals surface area contributed by atoms with Crippen LogP contribution in [-0.2, 0) is 12.2 Å². The molecule has 0 N–H and O–H groups in total. The Labute approximate surface area is 106 Å². The second kappa shape index (κ2) is 5.02. The minimum absolute atomic E-state index is 0.784. The van der Waals surface area contributed by atoms with Crippen molar-refractivity contribution in [2.45, 2.75) is 26.0 Å². The highest BCUT2D eigenvalue weighted by Crippen LogP contribution is 2.29. The topological polar surface area (TPSA) is 12.9 Å². The molecule has 0 saturated heterocycles. The van der Waals surface area contributed by atoms with Crippen LogP contribution < -0.4 is 0 Å². The first kappa shape index (κ1) is 11.7. The zero-order valence-corrected chi connectivity index (χ0v) is 11.2. The van der Waals surface area contributed by atoms with E-state index in [0.29, 0.717) is 0 Å². The second-order valence-electron chi connectivity index (χ2n) is 3.77. The van der Waals surface area contributed by atoms with Crippen LogP contribution in [0.1, 0.15) is 23.1 Å². The van der Waals surface area contributed by atoms with Crippen LogP contribution in [0.15, 0.2) is 24.3 Å². The van der Waals surface area contributed by atoms with Crippen LogP contribution in [0.25, 0.3) is 10.6 Å². The number of benzene rings is 1. The Kier molecular flexibility index (Phi) is 3.66. The van der Waals surface area contributed by atoms with Gasteiger partial charge in [0.15, 0.2) is 0 Å². The van der Waals surface area contributed by atoms with Gasteiger partial charge in [0.05, 0.1) is 5.69 Å². The molecule has 1 aromatic heterocycles. The monoisotopic (exact) mass is 249 g/mol. The first-order valence-corrected chi connectivity index (χ1v) is 6.86. The number of thiol groups is 1. The smallest absolute Gasteiger partial charge is 0.123 e. The molecule has 0 unspecified atom stereocenters. The molecule has 3 heteroatoms. The summed E-state index contributed by atoms with van der Waals surface area (Å²) in [5.74, 6) is 0.784. The van der Waals surface area contributed by atoms with Crippen LogP contribution in [0.4, 0.5) is 0 Å². The third-order valence-electron chi connectivity index (χ3n) is 2.52. The van der Waals surface area contributed by atoms with Gasteiger partial charge >= 0.3 is 0 Å². The van der Waals surface area contributed by atoms with Gasteiger partial charge < -0.3 is 0 Å². The Morgan fingerprint density at radius 1 is 1.38 bits per heavy atom. The summed E-state index contributed by atoms with van der Waals surface area (Å²) in [5, 5.41) is 1.12. The van der Waals surface area contributed by atoms with Gasteiger partial charge in [-0.05, 0) is 19.4 Å². The molecule has 0 amide bonds. The highest BCUT2D eigenvalue weighted by atomic mass is 32.1. The van der Waals surface area contributed by atoms with Gasteiger partial charge in [-0.15, -0.1) is 11.3 Å². The summed E-state index contributed by atoms with van der Waals surface area (Å²) < 4.78 is 0. The Balaban J connectivity index is 2.44. The number of hydrogen-bond acceptors (Lipinski definition) is 3. The van der Waals surface area contributed by atoms with Gasteiger partial charge in [-0.1, -0.05) is 30.7 Å². The Morgan fingerprint density at radius 3 is 2.75 bits per heavy atom. The Bertz CT molecular complexity index is 467. The molecule has 0 saturated carbocycles. The summed E-state index contributed by atoms with van der Waals surface area (Å²) in [6.45, 7) is 4.25. The number of aromatic nitrogens is 1. The molecule has 0 spiro atoms. The van der Waals surface area contributed by atoms with E-state index in [2.05, 4.69) is 55.7 Å². The molecule has 1 aromatic carbocycles. The molecule has 0 aliphatic rings. The molecule has 0 aliphatic heterocycles. The summed E-state index contributed by atoms with van der Waals surface area (Å²) in [6.07, 6.45) is 0.984. The van der Waals surface area contributed by atoms with Gasteiger partial charge in [-0.3, -0.25) is 0 Å². The lowest BCUT2D eigenvalue weighted by Crippen LogP contribution is -1.85. The van der Waals surface area contributed by atoms with E-state index in [4.69, 9.17) is 0 Å². The van der Waals surface area contributed by atoms with Crippen molar-refractivity contribution in [1.29, 1.82) is 0 Å². The molecule has 0 radical (unpaired) electrons. The summed E-state index contributed by atoms with van der Waals surface area (Å²) in [5.41, 5.74) is 3.68. The van der Waals surface area contributed by atoms with E-state index < -0.39 is 0 Å². The number of aryl methyl sites for hydroxylation is 2. The number of hydrogen-bond donors (Lipinski definition) is 1. The standard InChI is InChI=1S/C13H15NS2/c1-3-11-12(8-15)16-13(14-11)10-6-4-5-9(2)7-10/h4-7,15H,3,8H2,1-2H3. The molecule has 2 aromatic rings. The van der Waals surface area contributed by atoms with Crippen molar-refractivity contribution >= 4 is 24.0 Å². The highest BCUT2D eigenvalue weighted by molar-refractivity contribution is 7.79. The van der Waals surface area contributed by atoms with E-state index in [1.54, 1.807) is 11.3 Å². The molecular formula is C13H15NS2. The number of nitrogens with zero attached hydrogens (tertiary/aromatic N) is 1. The largest absolute Gasteiger partial charge is 0.241 e. The van der Waals surface area contributed by atoms with E-state index in [-0.39, 0.29) is 0 Å². The van der Waals surface area contributed by atoms with Gasteiger partial charge in [0.2, 0.25) is 0 Å². The molecule has 0 bridgehead atoms. The third kappa shape index (κ3) is 2.30. The fourth-order valence-electron chi connectivity index (χ4n) is 1.68. The van der Waals surface area contributed by atoms with Gasteiger partial charge in [0.25, 0.3) is 0 Å². The molecule has 0 aliphatic carbocycles. The molecular weight excluding hydrogens is 234 g/mol. The fourth-order valence-corrected chi connectivity index (χ4v) is 3.07. The Hall–Kier alpha value is -0.800. The van der Waals surface area contributed by atoms with Crippen molar-refractivity contribution in [2.24, 2.45) is 0 Å². The summed E-state index contributed by atoms with van der Waals surface area (Å²) in [4.78, 5) is 5.97. The molecule has 0 fully saturated rings. The normalized spacial score (nSPS) is 10.7. The molecule has 2 rings (SSSR count). The maximum Gasteiger partial charge on any atom is 0.123 e. The van der Waals surface area contributed by atoms with Crippen LogP contribution in [0.2, 0.25) is 0 Å². The highest BCUT2D eigenvalue weighted by Gasteiger charge is 2.09. The maximum atomic E-state index is 4.68. The minimum Gasteiger partial charge on any atom is -0.241 e. The van der Waals surface area contributed by atoms with Crippen LogP contribution in [0, 0.1) is 6.92 Å². The van der Waals surface area contributed by atoms with Gasteiger partial charge in [0, 0.05) is 16.2 Å². The molecule has 1 nitrogen and oxygen atoms in total. The van der Waals surface area contributed by atoms with Gasteiger partial charge in [-0.25, -0.2) is 4.98 Å². The van der Waals surface area contributed by atoms with Crippen molar-refractivity contribution in [1.82, 2.24) is 4.98 Å². The van der Waals surface area contributed by atoms with Crippen molar-refractivity contribution in [3.05, 3.63) is 40.4 Å². The predicted octanol–water partition coefficient (Wildman–Crippen LogP) is 4.11. The van der Waals surface area contributed by atoms with E-state index in [1.165, 1.54) is 21.7 Å². The second-order valence-corrected chi connectivity index (χ2v) is 5.17. The molecule has 16 heavy (non-hydrogen) atoms. The summed E-state index contributed by atoms with van der Waals surface area (Å²) >= 11 is 6.11. The first-order chi connectivity index (χ1) is 7.74. The fraction of sp³-hybridized carbons (Fsp3) is 0.308. The summed E-state index contributed by atoms with van der Waals surface area (Å²) in [6, 6.07) is 8.49. The SMILES string of the molecule is CCc1nc(-c2cccc(C)c2)sc1CS. The lowest BCUT2D eigenvalue weighted by molar-refractivity contribution is 1.04. The van der Waals surface area contributed by atoms with Crippen molar-refractivity contribution in [2.75, 3.05) is 0 Å². The van der Waals surface area contributed by atoms with Crippen molar-refractivity contribution in [3.8, 4) is 10.6 Å². The third-order valence-corrected chi connectivity index (χ3v) is 4.20. The van der Waals surface area contributed by atoms with E-state index in [0.717, 1.165) is 17.2 Å². The predicted molar refractivity (Wildman–Crippen MR) is 74.4 cm³/mol. The average molecular weight is 249 g/mol. The maximum absolute atomic E-state index is 4.68. The quantitative estimate of drug-likeness (QED) is 0.808. The average Bonchev–Trinajstić information content (AvgIpc) is 2.72. The van der Waals surface area contributed by atoms with Crippen LogP contribution in [0.3, 0.4) is 0 Å². The number of rotatable bonds is 3. The zero-order chi connectivity index (χ0) is 11.5. The van der Waals surface area contributed by atoms with E-state index in [1.807, 2.05) is 0 Å². The Morgan fingerprint density at radius 2 is 2.19 bits per heavy atom. The summed E-state index contributed by atoms with van der Waals surface area (Å²) in [7, 11) is 0. The lowest BCUT2D eigenvalue weighted by atomic mass is 10.1. The van der Waals surface area contributed by atoms with E-state index >= 15 is 0 Å². The van der Waals surface area contributed by atoms with Gasteiger partial charge in [-0.2, -0.15) is 12.6 Å². The van der Waals surface area contributed by atoms with Crippen LogP contribution >= 0.6 is 24.0 Å². The molecule has 84 valence electrons.